The van der Waals surface area contributed by atoms with Crippen molar-refractivity contribution in [3.05, 3.63) is 33.8 Å². The largest absolute Gasteiger partial charge is 0.382 e. The number of rotatable bonds is 4. The van der Waals surface area contributed by atoms with Gasteiger partial charge in [-0.15, -0.1) is 0 Å². The van der Waals surface area contributed by atoms with Gasteiger partial charge in [0.2, 0.25) is 0 Å². The molecule has 0 fully saturated rings. The predicted molar refractivity (Wildman–Crippen MR) is 66.1 cm³/mol. The van der Waals surface area contributed by atoms with Gasteiger partial charge < -0.3 is 5.11 Å². The average molecular weight is 261 g/mol. The quantitative estimate of drug-likeness (QED) is 0.903. The molecule has 88 valence electrons. The van der Waals surface area contributed by atoms with Gasteiger partial charge in [-0.25, -0.2) is 0 Å². The first-order chi connectivity index (χ1) is 7.36. The van der Waals surface area contributed by atoms with Crippen molar-refractivity contribution < 1.29 is 9.90 Å². The first-order valence-electron chi connectivity index (χ1n) is 5.06. The summed E-state index contributed by atoms with van der Waals surface area (Å²) in [7, 11) is 0. The van der Waals surface area contributed by atoms with Crippen LogP contribution in [0.4, 0.5) is 0 Å². The van der Waals surface area contributed by atoms with Crippen LogP contribution in [-0.4, -0.2) is 16.5 Å². The lowest BCUT2D eigenvalue weighted by molar-refractivity contribution is -0.135. The summed E-state index contributed by atoms with van der Waals surface area (Å²) in [5.41, 5.74) is -0.604. The van der Waals surface area contributed by atoms with Gasteiger partial charge in [-0.1, -0.05) is 36.2 Å². The van der Waals surface area contributed by atoms with E-state index >= 15 is 0 Å². The molecule has 1 aromatic rings. The third-order valence-electron chi connectivity index (χ3n) is 2.66. The van der Waals surface area contributed by atoms with Crippen molar-refractivity contribution in [1.82, 2.24) is 0 Å². The van der Waals surface area contributed by atoms with E-state index in [2.05, 4.69) is 0 Å². The Morgan fingerprint density at radius 3 is 2.56 bits per heavy atom. The number of Topliss-reactive ketones (excluding diaryl/α,β-unsaturated/α-hetero) is 1. The Morgan fingerprint density at radius 1 is 1.44 bits per heavy atom. The first kappa shape index (κ1) is 13.5. The average Bonchev–Trinajstić information content (AvgIpc) is 2.22. The zero-order chi connectivity index (χ0) is 12.3. The van der Waals surface area contributed by atoms with Crippen molar-refractivity contribution in [2.45, 2.75) is 32.3 Å². The molecule has 2 nitrogen and oxygen atoms in total. The molecule has 0 aromatic heterocycles. The molecule has 0 saturated heterocycles. The molecule has 0 amide bonds. The van der Waals surface area contributed by atoms with E-state index in [9.17, 15) is 9.90 Å². The fourth-order valence-electron chi connectivity index (χ4n) is 1.23. The SMILES string of the molecule is CCC(C)(O)C(=O)Cc1ccc(Cl)cc1Cl. The number of carbonyl (C=O) groups is 1. The summed E-state index contributed by atoms with van der Waals surface area (Å²) in [6, 6.07) is 4.97. The van der Waals surface area contributed by atoms with Crippen LogP contribution in [0.1, 0.15) is 25.8 Å². The van der Waals surface area contributed by atoms with Crippen LogP contribution >= 0.6 is 23.2 Å². The number of halogens is 2. The summed E-state index contributed by atoms with van der Waals surface area (Å²) in [4.78, 5) is 11.8. The lowest BCUT2D eigenvalue weighted by atomic mass is 9.93. The molecule has 4 heteroatoms. The fourth-order valence-corrected chi connectivity index (χ4v) is 1.70. The van der Waals surface area contributed by atoms with Gasteiger partial charge in [0.15, 0.2) is 5.78 Å². The maximum atomic E-state index is 11.8. The lowest BCUT2D eigenvalue weighted by Crippen LogP contribution is -2.35. The maximum absolute atomic E-state index is 11.8. The molecule has 0 aliphatic heterocycles. The Labute approximate surface area is 105 Å². The fraction of sp³-hybridized carbons (Fsp3) is 0.417. The van der Waals surface area contributed by atoms with Crippen LogP contribution < -0.4 is 0 Å². The molecule has 0 heterocycles. The normalized spacial score (nSPS) is 14.6. The lowest BCUT2D eigenvalue weighted by Gasteiger charge is -2.19. The van der Waals surface area contributed by atoms with Crippen LogP contribution in [0.25, 0.3) is 0 Å². The van der Waals surface area contributed by atoms with E-state index in [0.717, 1.165) is 0 Å². The minimum absolute atomic E-state index is 0.122. The Balaban J connectivity index is 2.85. The van der Waals surface area contributed by atoms with Gasteiger partial charge in [-0.2, -0.15) is 0 Å². The minimum Gasteiger partial charge on any atom is -0.382 e. The molecule has 1 N–H and O–H groups in total. The summed E-state index contributed by atoms with van der Waals surface area (Å²) in [6.07, 6.45) is 0.508. The van der Waals surface area contributed by atoms with E-state index in [1.807, 2.05) is 0 Å². The number of hydrogen-bond acceptors (Lipinski definition) is 2. The van der Waals surface area contributed by atoms with Gasteiger partial charge >= 0.3 is 0 Å². The van der Waals surface area contributed by atoms with Crippen LogP contribution in [0.15, 0.2) is 18.2 Å². The number of aliphatic hydroxyl groups is 1. The molecule has 1 aromatic carbocycles. The highest BCUT2D eigenvalue weighted by Gasteiger charge is 2.27. The predicted octanol–water partition coefficient (Wildman–Crippen LogP) is 3.27. The number of benzene rings is 1. The molecular formula is C12H14Cl2O2. The monoisotopic (exact) mass is 260 g/mol. The summed E-state index contributed by atoms with van der Waals surface area (Å²) >= 11 is 11.7. The van der Waals surface area contributed by atoms with E-state index < -0.39 is 5.60 Å². The second kappa shape index (κ2) is 5.17. The zero-order valence-electron chi connectivity index (χ0n) is 9.26. The highest BCUT2D eigenvalue weighted by Crippen LogP contribution is 2.23. The number of ketones is 1. The number of carbonyl (C=O) groups excluding carboxylic acids is 1. The number of hydrogen-bond donors (Lipinski definition) is 1. The van der Waals surface area contributed by atoms with Gasteiger partial charge in [-0.3, -0.25) is 4.79 Å². The Kier molecular flexibility index (Phi) is 4.36. The third-order valence-corrected chi connectivity index (χ3v) is 3.24. The van der Waals surface area contributed by atoms with Crippen molar-refractivity contribution in [2.24, 2.45) is 0 Å². The highest BCUT2D eigenvalue weighted by atomic mass is 35.5. The van der Waals surface area contributed by atoms with Crippen molar-refractivity contribution in [2.75, 3.05) is 0 Å². The Bertz CT molecular complexity index is 400. The molecule has 1 unspecified atom stereocenters. The van der Waals surface area contributed by atoms with Gasteiger partial charge in [-0.05, 0) is 31.0 Å². The first-order valence-corrected chi connectivity index (χ1v) is 5.82. The smallest absolute Gasteiger partial charge is 0.168 e. The van der Waals surface area contributed by atoms with Crippen LogP contribution in [-0.2, 0) is 11.2 Å². The van der Waals surface area contributed by atoms with Gasteiger partial charge in [0, 0.05) is 16.5 Å². The van der Waals surface area contributed by atoms with Gasteiger partial charge in [0.25, 0.3) is 0 Å². The molecule has 0 saturated carbocycles. The van der Waals surface area contributed by atoms with Crippen molar-refractivity contribution >= 4 is 29.0 Å². The van der Waals surface area contributed by atoms with E-state index in [-0.39, 0.29) is 12.2 Å². The third kappa shape index (κ3) is 3.21. The molecule has 1 atom stereocenters. The Hall–Kier alpha value is -0.570. The van der Waals surface area contributed by atoms with E-state index in [1.54, 1.807) is 25.1 Å². The maximum Gasteiger partial charge on any atom is 0.168 e. The van der Waals surface area contributed by atoms with Gasteiger partial charge in [0.1, 0.15) is 5.60 Å². The van der Waals surface area contributed by atoms with E-state index in [4.69, 9.17) is 23.2 Å². The molecule has 16 heavy (non-hydrogen) atoms. The molecule has 0 spiro atoms. The van der Waals surface area contributed by atoms with Crippen molar-refractivity contribution in [3.63, 3.8) is 0 Å². The second-order valence-corrected chi connectivity index (χ2v) is 4.81. The van der Waals surface area contributed by atoms with Crippen LogP contribution in [0.2, 0.25) is 10.0 Å². The summed E-state index contributed by atoms with van der Waals surface area (Å²) in [5.74, 6) is -0.237. The molecular weight excluding hydrogens is 247 g/mol. The van der Waals surface area contributed by atoms with Crippen molar-refractivity contribution in [3.8, 4) is 0 Å². The molecule has 0 aliphatic carbocycles. The van der Waals surface area contributed by atoms with Crippen molar-refractivity contribution in [1.29, 1.82) is 0 Å². The topological polar surface area (TPSA) is 37.3 Å². The molecule has 0 aliphatic rings. The second-order valence-electron chi connectivity index (χ2n) is 3.96. The minimum atomic E-state index is -1.29. The van der Waals surface area contributed by atoms with E-state index in [1.165, 1.54) is 6.92 Å². The standard InChI is InChI=1S/C12H14Cl2O2/c1-3-12(2,16)11(15)6-8-4-5-9(13)7-10(8)14/h4-5,7,16H,3,6H2,1-2H3. The van der Waals surface area contributed by atoms with Crippen LogP contribution in [0, 0.1) is 0 Å². The summed E-state index contributed by atoms with van der Waals surface area (Å²) in [5, 5.41) is 10.8. The summed E-state index contributed by atoms with van der Waals surface area (Å²) in [6.45, 7) is 3.28. The molecule has 0 bridgehead atoms. The molecule has 1 rings (SSSR count). The van der Waals surface area contributed by atoms with Crippen LogP contribution in [0.5, 0.6) is 0 Å². The Morgan fingerprint density at radius 2 is 2.06 bits per heavy atom. The van der Waals surface area contributed by atoms with Gasteiger partial charge in [0.05, 0.1) is 0 Å². The summed E-state index contributed by atoms with van der Waals surface area (Å²) < 4.78 is 0. The zero-order valence-corrected chi connectivity index (χ0v) is 10.8. The van der Waals surface area contributed by atoms with E-state index in [0.29, 0.717) is 22.0 Å². The van der Waals surface area contributed by atoms with Crippen LogP contribution in [0.3, 0.4) is 0 Å². The molecule has 0 radical (unpaired) electrons. The highest BCUT2D eigenvalue weighted by molar-refractivity contribution is 6.35.